The predicted octanol–water partition coefficient (Wildman–Crippen LogP) is 4.27. The average molecular weight is 275 g/mol. The number of hydrogen-bond donors (Lipinski definition) is 1. The van der Waals surface area contributed by atoms with Crippen LogP contribution in [0.25, 0.3) is 0 Å². The minimum atomic E-state index is -0.336. The van der Waals surface area contributed by atoms with Crippen LogP contribution in [0.4, 0.5) is 0 Å². The van der Waals surface area contributed by atoms with Crippen LogP contribution in [-0.2, 0) is 11.2 Å². The van der Waals surface area contributed by atoms with Gasteiger partial charge in [0.05, 0.1) is 6.04 Å². The fourth-order valence-electron chi connectivity index (χ4n) is 2.42. The quantitative estimate of drug-likeness (QED) is 0.613. The molecule has 2 heteroatoms. The first kappa shape index (κ1) is 16.9. The Morgan fingerprint density at radius 3 is 2.25 bits per heavy atom. The second-order valence-corrected chi connectivity index (χ2v) is 5.63. The van der Waals surface area contributed by atoms with Crippen LogP contribution in [0.15, 0.2) is 30.3 Å². The summed E-state index contributed by atoms with van der Waals surface area (Å²) in [7, 11) is 0. The van der Waals surface area contributed by atoms with Gasteiger partial charge in [-0.2, -0.15) is 0 Å². The molecular weight excluding hydrogens is 246 g/mol. The monoisotopic (exact) mass is 275 g/mol. The van der Waals surface area contributed by atoms with Crippen molar-refractivity contribution < 1.29 is 4.79 Å². The topological polar surface area (TPSA) is 43.1 Å². The Hall–Kier alpha value is -1.15. The molecule has 0 aliphatic rings. The summed E-state index contributed by atoms with van der Waals surface area (Å²) in [5.74, 6) is 0.211. The van der Waals surface area contributed by atoms with Gasteiger partial charge in [0.25, 0.3) is 0 Å². The smallest absolute Gasteiger partial charge is 0.149 e. The number of nitrogens with two attached hydrogens (primary N) is 1. The third kappa shape index (κ3) is 7.44. The number of unbranched alkanes of at least 4 members (excludes halogenated alkanes) is 6. The number of ketones is 1. The van der Waals surface area contributed by atoms with Crippen molar-refractivity contribution in [1.29, 1.82) is 0 Å². The van der Waals surface area contributed by atoms with Crippen molar-refractivity contribution in [3.05, 3.63) is 35.9 Å². The van der Waals surface area contributed by atoms with E-state index in [1.807, 2.05) is 30.3 Å². The Morgan fingerprint density at radius 1 is 1.00 bits per heavy atom. The van der Waals surface area contributed by atoms with Crippen molar-refractivity contribution in [1.82, 2.24) is 0 Å². The molecule has 0 heterocycles. The van der Waals surface area contributed by atoms with Gasteiger partial charge in [-0.05, 0) is 18.4 Å². The molecular formula is C18H29NO. The van der Waals surface area contributed by atoms with Crippen molar-refractivity contribution in [2.24, 2.45) is 5.73 Å². The van der Waals surface area contributed by atoms with Crippen molar-refractivity contribution in [3.8, 4) is 0 Å². The summed E-state index contributed by atoms with van der Waals surface area (Å²) in [6, 6.07) is 9.68. The van der Waals surface area contributed by atoms with Crippen LogP contribution < -0.4 is 5.73 Å². The molecule has 0 spiro atoms. The molecule has 0 aromatic heterocycles. The Kier molecular flexibility index (Phi) is 8.97. The normalized spacial score (nSPS) is 12.3. The van der Waals surface area contributed by atoms with Gasteiger partial charge in [-0.15, -0.1) is 0 Å². The molecule has 0 aliphatic carbocycles. The van der Waals surface area contributed by atoms with Gasteiger partial charge in [0.15, 0.2) is 0 Å². The minimum absolute atomic E-state index is 0.211. The summed E-state index contributed by atoms with van der Waals surface area (Å²) < 4.78 is 0. The van der Waals surface area contributed by atoms with Gasteiger partial charge in [-0.1, -0.05) is 75.8 Å². The summed E-state index contributed by atoms with van der Waals surface area (Å²) in [5.41, 5.74) is 7.13. The van der Waals surface area contributed by atoms with Crippen LogP contribution in [0, 0.1) is 0 Å². The predicted molar refractivity (Wildman–Crippen MR) is 85.7 cm³/mol. The zero-order valence-electron chi connectivity index (χ0n) is 12.8. The molecule has 0 radical (unpaired) electrons. The summed E-state index contributed by atoms with van der Waals surface area (Å²) >= 11 is 0. The Balaban J connectivity index is 2.10. The average Bonchev–Trinajstić information content (AvgIpc) is 2.47. The fourth-order valence-corrected chi connectivity index (χ4v) is 2.42. The first-order valence-corrected chi connectivity index (χ1v) is 8.06. The van der Waals surface area contributed by atoms with Gasteiger partial charge in [0, 0.05) is 6.42 Å². The molecule has 0 fully saturated rings. The van der Waals surface area contributed by atoms with E-state index in [1.165, 1.54) is 32.1 Å². The Labute approximate surface area is 123 Å². The highest BCUT2D eigenvalue weighted by Crippen LogP contribution is 2.10. The first-order valence-electron chi connectivity index (χ1n) is 8.06. The van der Waals surface area contributed by atoms with Crippen molar-refractivity contribution >= 4 is 5.78 Å². The van der Waals surface area contributed by atoms with Crippen LogP contribution in [0.1, 0.15) is 63.9 Å². The first-order chi connectivity index (χ1) is 9.74. The maximum Gasteiger partial charge on any atom is 0.149 e. The zero-order chi connectivity index (χ0) is 14.6. The van der Waals surface area contributed by atoms with Crippen molar-refractivity contribution in [2.45, 2.75) is 70.8 Å². The molecule has 1 aromatic rings. The number of benzene rings is 1. The van der Waals surface area contributed by atoms with Gasteiger partial charge in [-0.3, -0.25) is 4.79 Å². The van der Waals surface area contributed by atoms with E-state index in [1.54, 1.807) is 0 Å². The second kappa shape index (κ2) is 10.6. The zero-order valence-corrected chi connectivity index (χ0v) is 12.8. The summed E-state index contributed by atoms with van der Waals surface area (Å²) in [5, 5.41) is 0. The third-order valence-corrected chi connectivity index (χ3v) is 3.74. The molecule has 0 saturated carbocycles. The Morgan fingerprint density at radius 2 is 1.60 bits per heavy atom. The lowest BCUT2D eigenvalue weighted by Crippen LogP contribution is -2.32. The molecule has 1 rings (SSSR count). The summed E-state index contributed by atoms with van der Waals surface area (Å²) in [4.78, 5) is 12.0. The third-order valence-electron chi connectivity index (χ3n) is 3.74. The molecule has 20 heavy (non-hydrogen) atoms. The number of carbonyl (C=O) groups excluding carboxylic acids is 1. The van der Waals surface area contributed by atoms with Gasteiger partial charge < -0.3 is 5.73 Å². The van der Waals surface area contributed by atoms with E-state index in [9.17, 15) is 4.79 Å². The molecule has 112 valence electrons. The van der Waals surface area contributed by atoms with Crippen molar-refractivity contribution in [3.63, 3.8) is 0 Å². The molecule has 0 amide bonds. The van der Waals surface area contributed by atoms with Crippen LogP contribution in [0.3, 0.4) is 0 Å². The Bertz CT molecular complexity index is 361. The lowest BCUT2D eigenvalue weighted by atomic mass is 9.99. The SMILES string of the molecule is CCCCCCCCCC(=O)C(N)Cc1ccccc1. The second-order valence-electron chi connectivity index (χ2n) is 5.63. The van der Waals surface area contributed by atoms with Gasteiger partial charge in [-0.25, -0.2) is 0 Å². The van der Waals surface area contributed by atoms with E-state index in [-0.39, 0.29) is 11.8 Å². The van der Waals surface area contributed by atoms with E-state index < -0.39 is 0 Å². The fraction of sp³-hybridized carbons (Fsp3) is 0.611. The number of Topliss-reactive ketones (excluding diaryl/α,β-unsaturated/α-hetero) is 1. The number of hydrogen-bond acceptors (Lipinski definition) is 2. The van der Waals surface area contributed by atoms with Gasteiger partial charge in [0.1, 0.15) is 5.78 Å². The molecule has 1 unspecified atom stereocenters. The van der Waals surface area contributed by atoms with Gasteiger partial charge >= 0.3 is 0 Å². The van der Waals surface area contributed by atoms with Crippen LogP contribution in [-0.4, -0.2) is 11.8 Å². The molecule has 0 saturated heterocycles. The maximum absolute atomic E-state index is 12.0. The molecule has 2 nitrogen and oxygen atoms in total. The molecule has 0 bridgehead atoms. The van der Waals surface area contributed by atoms with E-state index in [0.29, 0.717) is 12.8 Å². The molecule has 1 atom stereocenters. The molecule has 2 N–H and O–H groups in total. The van der Waals surface area contributed by atoms with Crippen LogP contribution in [0.5, 0.6) is 0 Å². The summed E-state index contributed by atoms with van der Waals surface area (Å²) in [6.45, 7) is 2.23. The van der Waals surface area contributed by atoms with E-state index in [2.05, 4.69) is 6.92 Å². The highest BCUT2D eigenvalue weighted by molar-refractivity contribution is 5.84. The van der Waals surface area contributed by atoms with Gasteiger partial charge in [0.2, 0.25) is 0 Å². The minimum Gasteiger partial charge on any atom is -0.321 e. The number of rotatable bonds is 11. The molecule has 0 aliphatic heterocycles. The van der Waals surface area contributed by atoms with E-state index >= 15 is 0 Å². The van der Waals surface area contributed by atoms with Crippen LogP contribution in [0.2, 0.25) is 0 Å². The number of carbonyl (C=O) groups is 1. The highest BCUT2D eigenvalue weighted by Gasteiger charge is 2.13. The lowest BCUT2D eigenvalue weighted by Gasteiger charge is -2.10. The highest BCUT2D eigenvalue weighted by atomic mass is 16.1. The summed E-state index contributed by atoms with van der Waals surface area (Å²) in [6.07, 6.45) is 9.96. The van der Waals surface area contributed by atoms with E-state index in [4.69, 9.17) is 5.73 Å². The lowest BCUT2D eigenvalue weighted by molar-refractivity contribution is -0.120. The van der Waals surface area contributed by atoms with Crippen LogP contribution >= 0.6 is 0 Å². The van der Waals surface area contributed by atoms with Crippen molar-refractivity contribution in [2.75, 3.05) is 0 Å². The largest absolute Gasteiger partial charge is 0.321 e. The maximum atomic E-state index is 12.0. The molecule has 1 aromatic carbocycles. The standard InChI is InChI=1S/C18H29NO/c1-2-3-4-5-6-7-11-14-18(20)17(19)15-16-12-9-8-10-13-16/h8-10,12-13,17H,2-7,11,14-15,19H2,1H3. The van der Waals surface area contributed by atoms with E-state index in [0.717, 1.165) is 18.4 Å².